The van der Waals surface area contributed by atoms with Crippen LogP contribution in [0.5, 0.6) is 0 Å². The highest BCUT2D eigenvalue weighted by atomic mass is 15.0. The van der Waals surface area contributed by atoms with E-state index in [-0.39, 0.29) is 0 Å². The van der Waals surface area contributed by atoms with Crippen molar-refractivity contribution >= 4 is 44.5 Å². The number of nitrogens with zero attached hydrogens (tertiary/aromatic N) is 2. The van der Waals surface area contributed by atoms with Crippen LogP contribution in [0, 0.1) is 0 Å². The maximum atomic E-state index is 2.54. The number of hydrogen-bond donors (Lipinski definition) is 0. The van der Waals surface area contributed by atoms with Gasteiger partial charge in [-0.15, -0.1) is 0 Å². The van der Waals surface area contributed by atoms with Crippen LogP contribution in [-0.2, 0) is 11.8 Å². The fourth-order valence-electron chi connectivity index (χ4n) is 11.4. The van der Waals surface area contributed by atoms with Gasteiger partial charge in [0.25, 0.3) is 0 Å². The predicted octanol–water partition coefficient (Wildman–Crippen LogP) is 15.6. The summed E-state index contributed by atoms with van der Waals surface area (Å²) in [6, 6.07) is 70.5. The standard InChI is InChI=1S/C61H44N2/c1-4-18-41(19-5-1)42-20-16-25-47(38-42)62-58-37-35-45(61(44-21-6-2-7-22-44)55-31-13-10-26-49(55)50-27-11-14-32-56(50)61)40-54(58)52-36-34-43(39-59(52)62)48-29-17-30-53-51-28-12-15-33-57(51)63(60(48)53)46-23-8-3-9-24-46/h1-2,4-8,10-11,13-27,29-40H,3,9,12,28H2. The van der Waals surface area contributed by atoms with Crippen LogP contribution in [0.25, 0.3) is 83.5 Å². The zero-order valence-corrected chi connectivity index (χ0v) is 35.0. The monoisotopic (exact) mass is 804 g/mol. The van der Waals surface area contributed by atoms with E-state index in [9.17, 15) is 0 Å². The average Bonchev–Trinajstić information content (AvgIpc) is 3.99. The molecule has 2 aromatic heterocycles. The van der Waals surface area contributed by atoms with Crippen molar-refractivity contribution in [3.63, 3.8) is 0 Å². The van der Waals surface area contributed by atoms with Gasteiger partial charge in [-0.2, -0.15) is 0 Å². The fraction of sp³-hybridized carbons (Fsp3) is 0.0820. The lowest BCUT2D eigenvalue weighted by Crippen LogP contribution is -2.28. The number of benzene rings is 8. The summed E-state index contributed by atoms with van der Waals surface area (Å²) >= 11 is 0. The number of hydrogen-bond acceptors (Lipinski definition) is 0. The van der Waals surface area contributed by atoms with E-state index in [2.05, 4.69) is 228 Å². The maximum absolute atomic E-state index is 2.54. The topological polar surface area (TPSA) is 9.86 Å². The van der Waals surface area contributed by atoms with Gasteiger partial charge in [0, 0.05) is 38.8 Å². The van der Waals surface area contributed by atoms with Gasteiger partial charge in [0.05, 0.1) is 22.0 Å². The number of allylic oxidation sites excluding steroid dienone is 5. The van der Waals surface area contributed by atoms with E-state index in [1.165, 1.54) is 105 Å². The lowest BCUT2D eigenvalue weighted by atomic mass is 9.67. The zero-order valence-electron chi connectivity index (χ0n) is 35.0. The second-order valence-electron chi connectivity index (χ2n) is 17.4. The van der Waals surface area contributed by atoms with Crippen molar-refractivity contribution in [2.24, 2.45) is 0 Å². The maximum Gasteiger partial charge on any atom is 0.0713 e. The molecular weight excluding hydrogens is 761 g/mol. The van der Waals surface area contributed by atoms with E-state index in [4.69, 9.17) is 0 Å². The van der Waals surface area contributed by atoms with E-state index in [1.807, 2.05) is 0 Å². The first kappa shape index (κ1) is 36.0. The quantitative estimate of drug-likeness (QED) is 0.158. The van der Waals surface area contributed by atoms with Gasteiger partial charge in [0.15, 0.2) is 0 Å². The third kappa shape index (κ3) is 5.31. The van der Waals surface area contributed by atoms with Gasteiger partial charge >= 0.3 is 0 Å². The molecule has 298 valence electrons. The Kier molecular flexibility index (Phi) is 8.11. The predicted molar refractivity (Wildman–Crippen MR) is 264 cm³/mol. The molecule has 0 saturated heterocycles. The summed E-state index contributed by atoms with van der Waals surface area (Å²) < 4.78 is 5.05. The van der Waals surface area contributed by atoms with Gasteiger partial charge in [0.1, 0.15) is 0 Å². The number of para-hydroxylation sites is 1. The molecule has 0 saturated carbocycles. The molecule has 0 radical (unpaired) electrons. The Morgan fingerprint density at radius 1 is 0.413 bits per heavy atom. The summed E-state index contributed by atoms with van der Waals surface area (Å²) in [5, 5.41) is 3.85. The van der Waals surface area contributed by atoms with Crippen molar-refractivity contribution in [1.29, 1.82) is 0 Å². The van der Waals surface area contributed by atoms with Crippen molar-refractivity contribution in [3.8, 4) is 39.1 Å². The summed E-state index contributed by atoms with van der Waals surface area (Å²) in [4.78, 5) is 0. The van der Waals surface area contributed by atoms with E-state index in [0.29, 0.717) is 0 Å². The van der Waals surface area contributed by atoms with Gasteiger partial charge in [-0.05, 0) is 124 Å². The van der Waals surface area contributed by atoms with E-state index >= 15 is 0 Å². The van der Waals surface area contributed by atoms with Crippen molar-refractivity contribution in [1.82, 2.24) is 9.13 Å². The molecule has 0 bridgehead atoms. The minimum Gasteiger partial charge on any atom is -0.309 e. The van der Waals surface area contributed by atoms with Crippen LogP contribution < -0.4 is 0 Å². The first-order valence-electron chi connectivity index (χ1n) is 22.5. The van der Waals surface area contributed by atoms with E-state index in [0.717, 1.165) is 31.4 Å². The second-order valence-corrected chi connectivity index (χ2v) is 17.4. The van der Waals surface area contributed by atoms with E-state index < -0.39 is 5.41 Å². The van der Waals surface area contributed by atoms with Crippen LogP contribution in [0.1, 0.15) is 52.8 Å². The Hall–Kier alpha value is -7.68. The molecule has 0 fully saturated rings. The minimum absolute atomic E-state index is 0.485. The second kappa shape index (κ2) is 14.2. The molecule has 13 rings (SSSR count). The number of aryl methyl sites for hydroxylation is 1. The molecule has 3 aliphatic rings. The van der Waals surface area contributed by atoms with Crippen LogP contribution in [-0.4, -0.2) is 9.13 Å². The fourth-order valence-corrected chi connectivity index (χ4v) is 11.4. The van der Waals surface area contributed by atoms with Gasteiger partial charge in [-0.25, -0.2) is 0 Å². The molecule has 0 unspecified atom stereocenters. The lowest BCUT2D eigenvalue weighted by molar-refractivity contribution is 0.770. The van der Waals surface area contributed by atoms with Crippen LogP contribution in [0.15, 0.2) is 212 Å². The lowest BCUT2D eigenvalue weighted by Gasteiger charge is -2.34. The van der Waals surface area contributed by atoms with Gasteiger partial charge in [0.2, 0.25) is 0 Å². The number of aromatic nitrogens is 2. The number of fused-ring (bicyclic) bond motifs is 9. The smallest absolute Gasteiger partial charge is 0.0713 e. The SMILES string of the molecule is C1=CC(n2c3c(c4cccc(-c5ccc6c7cc(C8(c9ccccc9)c9ccccc9-c9ccccc98)ccc7n(-c7cccc(-c8ccccc8)c7)c6c5)c42)CCC=C3)=CCC1. The molecule has 63 heavy (non-hydrogen) atoms. The van der Waals surface area contributed by atoms with Gasteiger partial charge in [-0.3, -0.25) is 0 Å². The molecule has 0 N–H and O–H groups in total. The van der Waals surface area contributed by atoms with Gasteiger partial charge in [-0.1, -0.05) is 176 Å². The molecular formula is C61H44N2. The molecule has 2 heteroatoms. The molecule has 10 aromatic rings. The molecule has 0 atom stereocenters. The third-order valence-electron chi connectivity index (χ3n) is 14.1. The Bertz CT molecular complexity index is 3510. The Morgan fingerprint density at radius 3 is 1.92 bits per heavy atom. The summed E-state index contributed by atoms with van der Waals surface area (Å²) in [5.74, 6) is 0. The molecule has 0 spiro atoms. The molecule has 2 nitrogen and oxygen atoms in total. The first-order valence-corrected chi connectivity index (χ1v) is 22.5. The summed E-state index contributed by atoms with van der Waals surface area (Å²) in [6.07, 6.45) is 16.1. The van der Waals surface area contributed by atoms with Crippen LogP contribution in [0.2, 0.25) is 0 Å². The molecule has 2 heterocycles. The molecule has 8 aromatic carbocycles. The van der Waals surface area contributed by atoms with Gasteiger partial charge < -0.3 is 9.13 Å². The Labute approximate surface area is 368 Å². The molecule has 0 amide bonds. The average molecular weight is 805 g/mol. The third-order valence-corrected chi connectivity index (χ3v) is 14.1. The van der Waals surface area contributed by atoms with Crippen molar-refractivity contribution in [2.75, 3.05) is 0 Å². The van der Waals surface area contributed by atoms with Crippen molar-refractivity contribution < 1.29 is 0 Å². The summed E-state index contributed by atoms with van der Waals surface area (Å²) in [7, 11) is 0. The summed E-state index contributed by atoms with van der Waals surface area (Å²) in [5.41, 5.74) is 21.1. The Morgan fingerprint density at radius 2 is 1.13 bits per heavy atom. The molecule has 0 aliphatic heterocycles. The normalized spacial score (nSPS) is 14.8. The van der Waals surface area contributed by atoms with Crippen molar-refractivity contribution in [3.05, 3.63) is 246 Å². The van der Waals surface area contributed by atoms with Crippen LogP contribution in [0.4, 0.5) is 0 Å². The molecule has 3 aliphatic carbocycles. The summed E-state index contributed by atoms with van der Waals surface area (Å²) in [6.45, 7) is 0. The highest BCUT2D eigenvalue weighted by Gasteiger charge is 2.46. The highest BCUT2D eigenvalue weighted by Crippen LogP contribution is 2.56. The first-order chi connectivity index (χ1) is 31.3. The van der Waals surface area contributed by atoms with Crippen LogP contribution in [0.3, 0.4) is 0 Å². The highest BCUT2D eigenvalue weighted by molar-refractivity contribution is 6.12. The van der Waals surface area contributed by atoms with Crippen molar-refractivity contribution in [2.45, 2.75) is 31.1 Å². The minimum atomic E-state index is -0.485. The largest absolute Gasteiger partial charge is 0.309 e. The van der Waals surface area contributed by atoms with Crippen LogP contribution >= 0.6 is 0 Å². The van der Waals surface area contributed by atoms with E-state index in [1.54, 1.807) is 0 Å². The zero-order chi connectivity index (χ0) is 41.5. The Balaban J connectivity index is 1.10. The number of rotatable bonds is 6.